The van der Waals surface area contributed by atoms with Crippen LogP contribution in [0.2, 0.25) is 0 Å². The Morgan fingerprint density at radius 1 is 1.14 bits per heavy atom. The maximum Gasteiger partial charge on any atom is 0.251 e. The van der Waals surface area contributed by atoms with E-state index in [1.165, 1.54) is 30.3 Å². The highest BCUT2D eigenvalue weighted by Crippen LogP contribution is 2.17. The molecule has 2 aromatic carbocycles. The summed E-state index contributed by atoms with van der Waals surface area (Å²) in [4.78, 5) is 23.7. The molecule has 2 amide bonds. The molecule has 2 N–H and O–H groups in total. The van der Waals surface area contributed by atoms with Gasteiger partial charge in [-0.25, -0.2) is 12.8 Å². The standard InChI is InChI=1S/C19H20FN3O4S/c20-17-4-2-1-3-14(17)9-10-22-19(25)15-5-7-16(8-6-15)28(26,27)23-12-11-21-18(24)13-23/h1-8H,9-13H2,(H,21,24)(H,22,25). The summed E-state index contributed by atoms with van der Waals surface area (Å²) in [5.41, 5.74) is 0.804. The fraction of sp³-hybridized carbons (Fsp3) is 0.263. The summed E-state index contributed by atoms with van der Waals surface area (Å²) in [5.74, 6) is -1.05. The Hall–Kier alpha value is -2.78. The van der Waals surface area contributed by atoms with Crippen molar-refractivity contribution >= 4 is 21.8 Å². The number of hydrogen-bond acceptors (Lipinski definition) is 4. The van der Waals surface area contributed by atoms with Gasteiger partial charge in [0.2, 0.25) is 15.9 Å². The van der Waals surface area contributed by atoms with Crippen LogP contribution in [0, 0.1) is 5.82 Å². The van der Waals surface area contributed by atoms with Crippen LogP contribution in [0.5, 0.6) is 0 Å². The number of sulfonamides is 1. The van der Waals surface area contributed by atoms with E-state index in [1.54, 1.807) is 18.2 Å². The van der Waals surface area contributed by atoms with Crippen LogP contribution in [0.4, 0.5) is 4.39 Å². The van der Waals surface area contributed by atoms with Crippen molar-refractivity contribution < 1.29 is 22.4 Å². The molecule has 1 heterocycles. The number of amides is 2. The second kappa shape index (κ2) is 8.49. The van der Waals surface area contributed by atoms with Crippen LogP contribution in [0.15, 0.2) is 53.4 Å². The molecule has 0 aliphatic carbocycles. The number of nitrogens with one attached hydrogen (secondary N) is 2. The number of nitrogens with zero attached hydrogens (tertiary/aromatic N) is 1. The molecule has 3 rings (SSSR count). The van der Waals surface area contributed by atoms with E-state index in [1.807, 2.05) is 0 Å². The Balaban J connectivity index is 1.61. The lowest BCUT2D eigenvalue weighted by Crippen LogP contribution is -2.49. The normalized spacial score (nSPS) is 15.1. The molecule has 1 aliphatic rings. The fourth-order valence-corrected chi connectivity index (χ4v) is 4.26. The largest absolute Gasteiger partial charge is 0.354 e. The molecule has 0 saturated carbocycles. The number of carbonyl (C=O) groups excluding carboxylic acids is 2. The quantitative estimate of drug-likeness (QED) is 0.747. The van der Waals surface area contributed by atoms with Crippen LogP contribution < -0.4 is 10.6 Å². The fourth-order valence-electron chi connectivity index (χ4n) is 2.86. The first-order valence-electron chi connectivity index (χ1n) is 8.76. The SMILES string of the molecule is O=C1CN(S(=O)(=O)c2ccc(C(=O)NCCc3ccccc3F)cc2)CCN1. The average molecular weight is 405 g/mol. The topological polar surface area (TPSA) is 95.6 Å². The van der Waals surface area contributed by atoms with Crippen molar-refractivity contribution in [3.05, 3.63) is 65.5 Å². The van der Waals surface area contributed by atoms with E-state index in [-0.39, 0.29) is 48.7 Å². The molecule has 0 aromatic heterocycles. The Kier molecular flexibility index (Phi) is 6.05. The summed E-state index contributed by atoms with van der Waals surface area (Å²) >= 11 is 0. The molecule has 1 fully saturated rings. The van der Waals surface area contributed by atoms with Crippen molar-refractivity contribution in [1.29, 1.82) is 0 Å². The van der Waals surface area contributed by atoms with Crippen LogP contribution in [0.3, 0.4) is 0 Å². The monoisotopic (exact) mass is 405 g/mol. The molecule has 1 saturated heterocycles. The predicted octanol–water partition coefficient (Wildman–Crippen LogP) is 0.919. The first-order chi connectivity index (χ1) is 13.4. The van der Waals surface area contributed by atoms with Gasteiger partial charge in [-0.15, -0.1) is 0 Å². The zero-order valence-corrected chi connectivity index (χ0v) is 15.8. The first kappa shape index (κ1) is 20.0. The van der Waals surface area contributed by atoms with E-state index in [9.17, 15) is 22.4 Å². The van der Waals surface area contributed by atoms with Gasteiger partial charge in [-0.3, -0.25) is 9.59 Å². The summed E-state index contributed by atoms with van der Waals surface area (Å²) in [6.45, 7) is 0.496. The van der Waals surface area contributed by atoms with Gasteiger partial charge in [0.05, 0.1) is 11.4 Å². The van der Waals surface area contributed by atoms with Gasteiger partial charge < -0.3 is 10.6 Å². The van der Waals surface area contributed by atoms with E-state index in [4.69, 9.17) is 0 Å². The van der Waals surface area contributed by atoms with Crippen molar-refractivity contribution in [3.8, 4) is 0 Å². The lowest BCUT2D eigenvalue weighted by molar-refractivity contribution is -0.122. The lowest BCUT2D eigenvalue weighted by atomic mass is 10.1. The molecule has 0 atom stereocenters. The van der Waals surface area contributed by atoms with Gasteiger partial charge in [0.15, 0.2) is 0 Å². The molecule has 0 unspecified atom stereocenters. The molecule has 7 nitrogen and oxygen atoms in total. The summed E-state index contributed by atoms with van der Waals surface area (Å²) in [6.07, 6.45) is 0.349. The van der Waals surface area contributed by atoms with Gasteiger partial charge >= 0.3 is 0 Å². The van der Waals surface area contributed by atoms with Crippen LogP contribution in [0.1, 0.15) is 15.9 Å². The highest BCUT2D eigenvalue weighted by molar-refractivity contribution is 7.89. The third-order valence-electron chi connectivity index (χ3n) is 4.40. The number of piperazine rings is 1. The first-order valence-corrected chi connectivity index (χ1v) is 10.2. The third-order valence-corrected chi connectivity index (χ3v) is 6.25. The smallest absolute Gasteiger partial charge is 0.251 e. The van der Waals surface area contributed by atoms with Crippen LogP contribution >= 0.6 is 0 Å². The molecule has 2 aromatic rings. The molecular formula is C19H20FN3O4S. The van der Waals surface area contributed by atoms with Gasteiger partial charge in [0.1, 0.15) is 5.82 Å². The highest BCUT2D eigenvalue weighted by Gasteiger charge is 2.29. The van der Waals surface area contributed by atoms with Gasteiger partial charge in [-0.05, 0) is 42.3 Å². The van der Waals surface area contributed by atoms with E-state index < -0.39 is 10.0 Å². The maximum absolute atomic E-state index is 13.6. The van der Waals surface area contributed by atoms with Gasteiger partial charge in [0, 0.05) is 25.2 Å². The van der Waals surface area contributed by atoms with Crippen LogP contribution in [-0.4, -0.2) is 50.7 Å². The summed E-state index contributed by atoms with van der Waals surface area (Å²) < 4.78 is 39.8. The molecule has 0 radical (unpaired) electrons. The van der Waals surface area contributed by atoms with E-state index >= 15 is 0 Å². The van der Waals surface area contributed by atoms with Crippen molar-refractivity contribution in [2.75, 3.05) is 26.2 Å². The minimum absolute atomic E-state index is 0.0186. The molecule has 1 aliphatic heterocycles. The van der Waals surface area contributed by atoms with E-state index in [2.05, 4.69) is 10.6 Å². The second-order valence-electron chi connectivity index (χ2n) is 6.31. The van der Waals surface area contributed by atoms with E-state index in [0.29, 0.717) is 17.5 Å². The Labute approximate surface area is 162 Å². The van der Waals surface area contributed by atoms with E-state index in [0.717, 1.165) is 4.31 Å². The van der Waals surface area contributed by atoms with Crippen LogP contribution in [-0.2, 0) is 21.2 Å². The molecule has 0 spiro atoms. The summed E-state index contributed by atoms with van der Waals surface area (Å²) in [5, 5.41) is 5.26. The summed E-state index contributed by atoms with van der Waals surface area (Å²) in [6, 6.07) is 11.9. The second-order valence-corrected chi connectivity index (χ2v) is 8.25. The van der Waals surface area contributed by atoms with Gasteiger partial charge in [-0.1, -0.05) is 18.2 Å². The molecule has 9 heteroatoms. The number of carbonyl (C=O) groups is 2. The summed E-state index contributed by atoms with van der Waals surface area (Å²) in [7, 11) is -3.80. The van der Waals surface area contributed by atoms with Crippen molar-refractivity contribution in [1.82, 2.24) is 14.9 Å². The van der Waals surface area contributed by atoms with Crippen molar-refractivity contribution in [2.24, 2.45) is 0 Å². The van der Waals surface area contributed by atoms with Crippen LogP contribution in [0.25, 0.3) is 0 Å². The molecule has 0 bridgehead atoms. The number of rotatable bonds is 6. The Morgan fingerprint density at radius 3 is 2.54 bits per heavy atom. The zero-order chi connectivity index (χ0) is 20.1. The lowest BCUT2D eigenvalue weighted by Gasteiger charge is -2.25. The number of hydrogen-bond donors (Lipinski definition) is 2. The Bertz CT molecular complexity index is 977. The minimum Gasteiger partial charge on any atom is -0.354 e. The average Bonchev–Trinajstić information content (AvgIpc) is 2.69. The predicted molar refractivity (Wildman–Crippen MR) is 101 cm³/mol. The molecule has 28 heavy (non-hydrogen) atoms. The number of halogens is 1. The highest BCUT2D eigenvalue weighted by atomic mass is 32.2. The van der Waals surface area contributed by atoms with Gasteiger partial charge in [-0.2, -0.15) is 4.31 Å². The van der Waals surface area contributed by atoms with Gasteiger partial charge in [0.25, 0.3) is 5.91 Å². The molecular weight excluding hydrogens is 385 g/mol. The zero-order valence-electron chi connectivity index (χ0n) is 15.0. The van der Waals surface area contributed by atoms with Crippen molar-refractivity contribution in [3.63, 3.8) is 0 Å². The third kappa shape index (κ3) is 4.55. The number of benzene rings is 2. The minimum atomic E-state index is -3.80. The maximum atomic E-state index is 13.6. The van der Waals surface area contributed by atoms with Crippen molar-refractivity contribution in [2.45, 2.75) is 11.3 Å². The molecule has 148 valence electrons. The Morgan fingerprint density at radius 2 is 1.86 bits per heavy atom.